The minimum absolute atomic E-state index is 0.0543. The van der Waals surface area contributed by atoms with E-state index in [2.05, 4.69) is 4.98 Å². The first-order chi connectivity index (χ1) is 13.2. The summed E-state index contributed by atoms with van der Waals surface area (Å²) < 4.78 is 5.90. The Balaban J connectivity index is 2.27. The van der Waals surface area contributed by atoms with Crippen molar-refractivity contribution in [3.63, 3.8) is 0 Å². The number of hydrogen-bond acceptors (Lipinski definition) is 5. The molecule has 1 aromatic heterocycles. The van der Waals surface area contributed by atoms with Gasteiger partial charge < -0.3 is 21.3 Å². The highest BCUT2D eigenvalue weighted by molar-refractivity contribution is 6.42. The second-order valence-electron chi connectivity index (χ2n) is 6.21. The van der Waals surface area contributed by atoms with Gasteiger partial charge in [-0.1, -0.05) is 29.3 Å². The second-order valence-corrected chi connectivity index (χ2v) is 7.02. The van der Waals surface area contributed by atoms with Crippen LogP contribution >= 0.6 is 23.2 Å². The van der Waals surface area contributed by atoms with Crippen molar-refractivity contribution in [1.29, 1.82) is 0 Å². The largest absolute Gasteiger partial charge is 0.508 e. The lowest BCUT2D eigenvalue weighted by Gasteiger charge is -2.18. The van der Waals surface area contributed by atoms with Crippen molar-refractivity contribution in [2.45, 2.75) is 13.8 Å². The van der Waals surface area contributed by atoms with E-state index >= 15 is 0 Å². The number of pyridine rings is 1. The molecule has 144 valence electrons. The molecule has 1 amide bonds. The first kappa shape index (κ1) is 19.8. The number of halogens is 2. The molecule has 0 bridgehead atoms. The Bertz CT molecular complexity index is 1100. The predicted molar refractivity (Wildman–Crippen MR) is 110 cm³/mol. The third kappa shape index (κ3) is 3.56. The molecule has 0 radical (unpaired) electrons. The molecule has 0 atom stereocenters. The number of nitrogens with zero attached hydrogens (tertiary/aromatic N) is 1. The lowest BCUT2D eigenvalue weighted by molar-refractivity contribution is 0.100. The lowest BCUT2D eigenvalue weighted by atomic mass is 9.93. The smallest absolute Gasteiger partial charge is 0.252 e. The Kier molecular flexibility index (Phi) is 5.36. The van der Waals surface area contributed by atoms with Crippen LogP contribution in [0.5, 0.6) is 17.4 Å². The number of phenolic OH excluding ortho intramolecular Hbond substituents is 1. The number of nitrogen functional groups attached to an aromatic ring is 1. The van der Waals surface area contributed by atoms with E-state index in [0.29, 0.717) is 32.5 Å². The summed E-state index contributed by atoms with van der Waals surface area (Å²) in [6.07, 6.45) is 1.25. The van der Waals surface area contributed by atoms with Crippen molar-refractivity contribution in [3.8, 4) is 28.5 Å². The van der Waals surface area contributed by atoms with E-state index in [1.54, 1.807) is 31.2 Å². The number of carbonyl (C=O) groups is 1. The average molecular weight is 418 g/mol. The third-order valence-corrected chi connectivity index (χ3v) is 5.09. The molecule has 3 rings (SSSR count). The van der Waals surface area contributed by atoms with Gasteiger partial charge in [0, 0.05) is 12.3 Å². The highest BCUT2D eigenvalue weighted by Gasteiger charge is 2.23. The van der Waals surface area contributed by atoms with E-state index in [4.69, 9.17) is 39.4 Å². The topological polar surface area (TPSA) is 111 Å². The first-order valence-corrected chi connectivity index (χ1v) is 8.97. The summed E-state index contributed by atoms with van der Waals surface area (Å²) in [6.45, 7) is 3.58. The van der Waals surface area contributed by atoms with Gasteiger partial charge in [-0.25, -0.2) is 4.98 Å². The minimum atomic E-state index is -0.720. The SMILES string of the molecule is Cc1ccc(O)c(C)c1-c1c(Oc2ccc(Cl)c(Cl)c2)ncc(C(N)=O)c1N. The average Bonchev–Trinajstić information content (AvgIpc) is 2.63. The van der Waals surface area contributed by atoms with Crippen LogP contribution in [-0.2, 0) is 0 Å². The van der Waals surface area contributed by atoms with Crippen LogP contribution in [0.15, 0.2) is 36.5 Å². The molecule has 1 heterocycles. The zero-order chi connectivity index (χ0) is 20.6. The van der Waals surface area contributed by atoms with Crippen molar-refractivity contribution >= 4 is 34.8 Å². The van der Waals surface area contributed by atoms with Crippen LogP contribution in [0.25, 0.3) is 11.1 Å². The second kappa shape index (κ2) is 7.58. The van der Waals surface area contributed by atoms with E-state index in [1.165, 1.54) is 12.3 Å². The summed E-state index contributed by atoms with van der Waals surface area (Å²) >= 11 is 12.0. The van der Waals surface area contributed by atoms with Gasteiger partial charge in [-0.2, -0.15) is 0 Å². The van der Waals surface area contributed by atoms with Crippen LogP contribution in [0.2, 0.25) is 10.0 Å². The van der Waals surface area contributed by atoms with Crippen LogP contribution in [0.3, 0.4) is 0 Å². The maximum atomic E-state index is 11.8. The van der Waals surface area contributed by atoms with Crippen molar-refractivity contribution in [1.82, 2.24) is 4.98 Å². The molecule has 0 aliphatic carbocycles. The Morgan fingerprint density at radius 1 is 1.11 bits per heavy atom. The van der Waals surface area contributed by atoms with E-state index < -0.39 is 5.91 Å². The number of phenols is 1. The molecule has 8 heteroatoms. The van der Waals surface area contributed by atoms with Crippen LogP contribution in [0.1, 0.15) is 21.5 Å². The number of aryl methyl sites for hydroxylation is 1. The summed E-state index contributed by atoms with van der Waals surface area (Å²) in [5.74, 6) is -0.129. The minimum Gasteiger partial charge on any atom is -0.508 e. The van der Waals surface area contributed by atoms with Gasteiger partial charge in [-0.3, -0.25) is 4.79 Å². The fourth-order valence-electron chi connectivity index (χ4n) is 2.90. The van der Waals surface area contributed by atoms with E-state index in [9.17, 15) is 9.90 Å². The highest BCUT2D eigenvalue weighted by Crippen LogP contribution is 2.43. The van der Waals surface area contributed by atoms with Crippen LogP contribution in [0.4, 0.5) is 5.69 Å². The number of hydrogen-bond donors (Lipinski definition) is 3. The lowest BCUT2D eigenvalue weighted by Crippen LogP contribution is -2.15. The van der Waals surface area contributed by atoms with Crippen LogP contribution < -0.4 is 16.2 Å². The highest BCUT2D eigenvalue weighted by atomic mass is 35.5. The number of amides is 1. The number of benzene rings is 2. The number of aromatic nitrogens is 1. The number of ether oxygens (including phenoxy) is 1. The molecule has 2 aromatic carbocycles. The summed E-state index contributed by atoms with van der Waals surface area (Å²) in [5, 5.41) is 10.9. The number of primary amides is 1. The summed E-state index contributed by atoms with van der Waals surface area (Å²) in [7, 11) is 0. The number of aromatic hydroxyl groups is 1. The van der Waals surface area contributed by atoms with Gasteiger partial charge in [0.2, 0.25) is 5.88 Å². The fourth-order valence-corrected chi connectivity index (χ4v) is 3.18. The van der Waals surface area contributed by atoms with Gasteiger partial charge in [-0.05, 0) is 48.7 Å². The Morgan fingerprint density at radius 3 is 2.46 bits per heavy atom. The number of rotatable bonds is 4. The van der Waals surface area contributed by atoms with Gasteiger partial charge in [0.1, 0.15) is 11.5 Å². The predicted octanol–water partition coefficient (Wildman–Crippen LogP) is 4.85. The first-order valence-electron chi connectivity index (χ1n) is 8.21. The van der Waals surface area contributed by atoms with E-state index in [-0.39, 0.29) is 22.9 Å². The number of anilines is 1. The molecule has 0 saturated carbocycles. The number of carbonyl (C=O) groups excluding carboxylic acids is 1. The standard InChI is InChI=1S/C20H17Cl2N3O3/c1-9-3-6-15(26)10(2)16(9)17-18(23)12(19(24)27)8-25-20(17)28-11-4-5-13(21)14(22)7-11/h3-8,26H,1-2H3,(H2,23,25)(H2,24,27). The molecular formula is C20H17Cl2N3O3. The van der Waals surface area contributed by atoms with Gasteiger partial charge in [0.05, 0.1) is 26.9 Å². The van der Waals surface area contributed by atoms with Crippen molar-refractivity contribution in [3.05, 3.63) is 63.3 Å². The Labute approximate surface area is 171 Å². The molecule has 28 heavy (non-hydrogen) atoms. The molecule has 0 spiro atoms. The van der Waals surface area contributed by atoms with Crippen molar-refractivity contribution in [2.75, 3.05) is 5.73 Å². The summed E-state index contributed by atoms with van der Waals surface area (Å²) in [6, 6.07) is 8.06. The molecular weight excluding hydrogens is 401 g/mol. The van der Waals surface area contributed by atoms with Crippen molar-refractivity contribution < 1.29 is 14.6 Å². The Hall–Kier alpha value is -2.96. The third-order valence-electron chi connectivity index (χ3n) is 4.35. The maximum absolute atomic E-state index is 11.8. The van der Waals surface area contributed by atoms with Gasteiger partial charge in [0.25, 0.3) is 5.91 Å². The fraction of sp³-hybridized carbons (Fsp3) is 0.100. The molecule has 5 N–H and O–H groups in total. The van der Waals surface area contributed by atoms with E-state index in [1.807, 2.05) is 6.92 Å². The monoisotopic (exact) mass is 417 g/mol. The maximum Gasteiger partial charge on any atom is 0.252 e. The van der Waals surface area contributed by atoms with Crippen LogP contribution in [-0.4, -0.2) is 16.0 Å². The zero-order valence-corrected chi connectivity index (χ0v) is 16.6. The van der Waals surface area contributed by atoms with Gasteiger partial charge in [0.15, 0.2) is 0 Å². The van der Waals surface area contributed by atoms with E-state index in [0.717, 1.165) is 5.56 Å². The quantitative estimate of drug-likeness (QED) is 0.561. The Morgan fingerprint density at radius 2 is 1.82 bits per heavy atom. The molecule has 3 aromatic rings. The summed E-state index contributed by atoms with van der Waals surface area (Å²) in [4.78, 5) is 16.0. The van der Waals surface area contributed by atoms with Gasteiger partial charge in [-0.15, -0.1) is 0 Å². The normalized spacial score (nSPS) is 10.7. The molecule has 0 aliphatic heterocycles. The molecule has 0 saturated heterocycles. The molecule has 6 nitrogen and oxygen atoms in total. The van der Waals surface area contributed by atoms with Crippen molar-refractivity contribution in [2.24, 2.45) is 5.73 Å². The molecule has 0 unspecified atom stereocenters. The number of nitrogens with two attached hydrogens (primary N) is 2. The molecule has 0 fully saturated rings. The zero-order valence-electron chi connectivity index (χ0n) is 15.1. The van der Waals surface area contributed by atoms with Gasteiger partial charge >= 0.3 is 0 Å². The van der Waals surface area contributed by atoms with Crippen LogP contribution in [0, 0.1) is 13.8 Å². The molecule has 0 aliphatic rings. The summed E-state index contributed by atoms with van der Waals surface area (Å²) in [5.41, 5.74) is 14.2.